The minimum atomic E-state index is 0.0295. The maximum atomic E-state index is 12.4. The van der Waals surface area contributed by atoms with Gasteiger partial charge in [0.15, 0.2) is 0 Å². The van der Waals surface area contributed by atoms with Gasteiger partial charge in [0, 0.05) is 57.0 Å². The molecule has 6 nitrogen and oxygen atoms in total. The summed E-state index contributed by atoms with van der Waals surface area (Å²) in [5.41, 5.74) is 1.09. The van der Waals surface area contributed by atoms with Crippen LogP contribution in [-0.2, 0) is 20.9 Å². The Balaban J connectivity index is 1.55. The number of carbonyl (C=O) groups is 2. The smallest absolute Gasteiger partial charge is 0.248 e. The number of amides is 2. The van der Waals surface area contributed by atoms with Gasteiger partial charge in [-0.3, -0.25) is 14.6 Å². The topological polar surface area (TPSA) is 62.7 Å². The average molecular weight is 331 g/mol. The molecule has 2 aliphatic rings. The van der Waals surface area contributed by atoms with Gasteiger partial charge >= 0.3 is 0 Å². The van der Waals surface area contributed by atoms with Crippen LogP contribution < -0.4 is 0 Å². The van der Waals surface area contributed by atoms with Crippen molar-refractivity contribution in [1.82, 2.24) is 14.8 Å². The number of rotatable bonds is 5. The molecule has 1 aromatic rings. The Morgan fingerprint density at radius 2 is 2.17 bits per heavy atom. The molecular formula is C18H25N3O3. The van der Waals surface area contributed by atoms with Crippen LogP contribution in [0.4, 0.5) is 0 Å². The Morgan fingerprint density at radius 1 is 1.38 bits per heavy atom. The number of hydrogen-bond donors (Lipinski definition) is 0. The summed E-state index contributed by atoms with van der Waals surface area (Å²) in [6.45, 7) is 5.46. The van der Waals surface area contributed by atoms with Gasteiger partial charge in [0.25, 0.3) is 0 Å². The van der Waals surface area contributed by atoms with Gasteiger partial charge in [-0.1, -0.05) is 6.07 Å². The predicted octanol–water partition coefficient (Wildman–Crippen LogP) is 1.46. The van der Waals surface area contributed by atoms with Crippen molar-refractivity contribution in [2.45, 2.75) is 32.7 Å². The average Bonchev–Trinajstić information content (AvgIpc) is 2.89. The van der Waals surface area contributed by atoms with Gasteiger partial charge < -0.3 is 14.5 Å². The molecule has 1 aromatic heterocycles. The van der Waals surface area contributed by atoms with Crippen LogP contribution in [0.15, 0.2) is 24.5 Å². The maximum Gasteiger partial charge on any atom is 0.248 e. The first-order valence-electron chi connectivity index (χ1n) is 8.64. The van der Waals surface area contributed by atoms with E-state index in [1.165, 1.54) is 0 Å². The third-order valence-corrected chi connectivity index (χ3v) is 5.11. The molecule has 0 unspecified atom stereocenters. The highest BCUT2D eigenvalue weighted by atomic mass is 16.5. The van der Waals surface area contributed by atoms with E-state index in [1.54, 1.807) is 6.20 Å². The van der Waals surface area contributed by atoms with Crippen LogP contribution in [0.25, 0.3) is 0 Å². The van der Waals surface area contributed by atoms with Crippen molar-refractivity contribution in [3.8, 4) is 0 Å². The Bertz CT molecular complexity index is 582. The summed E-state index contributed by atoms with van der Waals surface area (Å²) >= 11 is 0. The number of aromatic nitrogens is 1. The molecule has 130 valence electrons. The van der Waals surface area contributed by atoms with Crippen LogP contribution in [0.1, 0.15) is 31.7 Å². The van der Waals surface area contributed by atoms with Crippen molar-refractivity contribution in [2.75, 3.05) is 32.8 Å². The number of likely N-dealkylation sites (tertiary alicyclic amines) is 2. The van der Waals surface area contributed by atoms with Crippen molar-refractivity contribution < 1.29 is 14.3 Å². The van der Waals surface area contributed by atoms with Crippen molar-refractivity contribution in [2.24, 2.45) is 5.41 Å². The summed E-state index contributed by atoms with van der Waals surface area (Å²) in [6.07, 6.45) is 5.93. The number of ether oxygens (including phenoxy) is 1. The Labute approximate surface area is 142 Å². The number of nitrogens with zero attached hydrogens (tertiary/aromatic N) is 3. The molecule has 24 heavy (non-hydrogen) atoms. The lowest BCUT2D eigenvalue weighted by Crippen LogP contribution is -2.45. The Morgan fingerprint density at radius 3 is 2.83 bits per heavy atom. The molecule has 2 fully saturated rings. The van der Waals surface area contributed by atoms with Crippen molar-refractivity contribution >= 4 is 11.8 Å². The fourth-order valence-corrected chi connectivity index (χ4v) is 3.68. The summed E-state index contributed by atoms with van der Waals surface area (Å²) in [4.78, 5) is 32.4. The molecule has 0 bridgehead atoms. The lowest BCUT2D eigenvalue weighted by molar-refractivity contribution is -0.138. The summed E-state index contributed by atoms with van der Waals surface area (Å²) in [5.74, 6) is 0.274. The van der Waals surface area contributed by atoms with E-state index in [0.29, 0.717) is 19.6 Å². The summed E-state index contributed by atoms with van der Waals surface area (Å²) in [6, 6.07) is 3.90. The van der Waals surface area contributed by atoms with Gasteiger partial charge in [0.1, 0.15) is 6.61 Å². The third kappa shape index (κ3) is 3.75. The normalized spacial score (nSPS) is 20.0. The second kappa shape index (κ2) is 7.30. The first-order valence-corrected chi connectivity index (χ1v) is 8.64. The molecule has 0 N–H and O–H groups in total. The van der Waals surface area contributed by atoms with E-state index in [0.717, 1.165) is 38.0 Å². The maximum absolute atomic E-state index is 12.4. The molecule has 2 aliphatic heterocycles. The van der Waals surface area contributed by atoms with E-state index in [2.05, 4.69) is 4.98 Å². The van der Waals surface area contributed by atoms with Gasteiger partial charge in [-0.05, 0) is 31.4 Å². The third-order valence-electron chi connectivity index (χ3n) is 5.11. The molecule has 2 amide bonds. The standard InChI is InChI=1S/C18H25N3O3/c1-2-24-13-17(23)20-8-5-18(6-9-20)10-16(22)21(14-18)12-15-4-3-7-19-11-15/h3-4,7,11H,2,5-6,8-10,12-14H2,1H3. The van der Waals surface area contributed by atoms with Crippen molar-refractivity contribution in [3.05, 3.63) is 30.1 Å². The van der Waals surface area contributed by atoms with E-state index in [9.17, 15) is 9.59 Å². The quantitative estimate of drug-likeness (QED) is 0.819. The van der Waals surface area contributed by atoms with Crippen LogP contribution >= 0.6 is 0 Å². The zero-order valence-corrected chi connectivity index (χ0v) is 14.2. The van der Waals surface area contributed by atoms with Crippen LogP contribution in [0.5, 0.6) is 0 Å². The second-order valence-corrected chi connectivity index (χ2v) is 6.81. The molecule has 0 aromatic carbocycles. The molecular weight excluding hydrogens is 306 g/mol. The molecule has 3 heterocycles. The monoisotopic (exact) mass is 331 g/mol. The molecule has 6 heteroatoms. The molecule has 3 rings (SSSR count). The second-order valence-electron chi connectivity index (χ2n) is 6.81. The highest BCUT2D eigenvalue weighted by Gasteiger charge is 2.45. The Kier molecular flexibility index (Phi) is 5.14. The fourth-order valence-electron chi connectivity index (χ4n) is 3.68. The van der Waals surface area contributed by atoms with Gasteiger partial charge in [-0.25, -0.2) is 0 Å². The van der Waals surface area contributed by atoms with E-state index in [1.807, 2.05) is 35.1 Å². The van der Waals surface area contributed by atoms with Gasteiger partial charge in [0.05, 0.1) is 0 Å². The van der Waals surface area contributed by atoms with Crippen LogP contribution in [0, 0.1) is 5.41 Å². The lowest BCUT2D eigenvalue weighted by atomic mass is 9.77. The van der Waals surface area contributed by atoms with Gasteiger partial charge in [-0.2, -0.15) is 0 Å². The summed E-state index contributed by atoms with van der Waals surface area (Å²) in [5, 5.41) is 0. The van der Waals surface area contributed by atoms with Crippen molar-refractivity contribution in [3.63, 3.8) is 0 Å². The lowest BCUT2D eigenvalue weighted by Gasteiger charge is -2.38. The number of piperidine rings is 1. The minimum absolute atomic E-state index is 0.0295. The zero-order valence-electron chi connectivity index (χ0n) is 14.2. The molecule has 0 radical (unpaired) electrons. The van der Waals surface area contributed by atoms with Gasteiger partial charge in [-0.15, -0.1) is 0 Å². The Hall–Kier alpha value is -1.95. The highest BCUT2D eigenvalue weighted by molar-refractivity contribution is 5.80. The molecule has 2 saturated heterocycles. The van der Waals surface area contributed by atoms with E-state index in [-0.39, 0.29) is 23.8 Å². The zero-order chi connectivity index (χ0) is 17.0. The van der Waals surface area contributed by atoms with Crippen LogP contribution in [-0.4, -0.2) is 59.4 Å². The molecule has 0 saturated carbocycles. The largest absolute Gasteiger partial charge is 0.372 e. The van der Waals surface area contributed by atoms with E-state index >= 15 is 0 Å². The van der Waals surface area contributed by atoms with Crippen LogP contribution in [0.3, 0.4) is 0 Å². The van der Waals surface area contributed by atoms with E-state index in [4.69, 9.17) is 4.74 Å². The number of hydrogen-bond acceptors (Lipinski definition) is 4. The van der Waals surface area contributed by atoms with Crippen molar-refractivity contribution in [1.29, 1.82) is 0 Å². The van der Waals surface area contributed by atoms with E-state index < -0.39 is 0 Å². The minimum Gasteiger partial charge on any atom is -0.372 e. The first kappa shape index (κ1) is 16.9. The van der Waals surface area contributed by atoms with Crippen LogP contribution in [0.2, 0.25) is 0 Å². The highest BCUT2D eigenvalue weighted by Crippen LogP contribution is 2.41. The number of pyridine rings is 1. The summed E-state index contributed by atoms with van der Waals surface area (Å²) < 4.78 is 5.21. The number of carbonyl (C=O) groups excluding carboxylic acids is 2. The first-order chi connectivity index (χ1) is 11.6. The molecule has 0 atom stereocenters. The molecule has 1 spiro atoms. The SMILES string of the molecule is CCOCC(=O)N1CCC2(CC1)CC(=O)N(Cc1cccnc1)C2. The molecule has 0 aliphatic carbocycles. The fraction of sp³-hybridized carbons (Fsp3) is 0.611. The predicted molar refractivity (Wildman–Crippen MR) is 89.0 cm³/mol. The summed E-state index contributed by atoms with van der Waals surface area (Å²) in [7, 11) is 0. The van der Waals surface area contributed by atoms with Gasteiger partial charge in [0.2, 0.25) is 11.8 Å².